The molecule has 34 heavy (non-hydrogen) atoms. The van der Waals surface area contributed by atoms with Crippen LogP contribution in [-0.2, 0) is 4.84 Å². The van der Waals surface area contributed by atoms with Crippen molar-refractivity contribution in [2.75, 3.05) is 13.2 Å². The maximum absolute atomic E-state index is 6.33. The first-order valence-corrected chi connectivity index (χ1v) is 12.3. The first-order valence-electron chi connectivity index (χ1n) is 10.8. The van der Waals surface area contributed by atoms with Crippen molar-refractivity contribution in [1.29, 1.82) is 0 Å². The van der Waals surface area contributed by atoms with E-state index in [0.717, 1.165) is 24.2 Å². The van der Waals surface area contributed by atoms with Crippen LogP contribution in [0.1, 0.15) is 46.1 Å². The standard InChI is InChI=1S/C25H29Cl4NO4/c1-17(33-24-21(26)14-20(15-22(24)27)32-13-11-23(28)29)6-5-12-31-19-9-7-18(8-10-19)16-30-34-25(2,3)4/h7-11,14-17H,5-6,12-13H2,1-4H3. The lowest BCUT2D eigenvalue weighted by atomic mass is 10.2. The first kappa shape index (κ1) is 28.4. The number of ether oxygens (including phenoxy) is 3. The quantitative estimate of drug-likeness (QED) is 0.151. The number of benzene rings is 2. The predicted molar refractivity (Wildman–Crippen MR) is 141 cm³/mol. The fourth-order valence-corrected chi connectivity index (χ4v) is 3.33. The van der Waals surface area contributed by atoms with Crippen molar-refractivity contribution in [2.24, 2.45) is 5.16 Å². The topological polar surface area (TPSA) is 49.3 Å². The Bertz CT molecular complexity index is 945. The smallest absolute Gasteiger partial charge is 0.157 e. The first-order chi connectivity index (χ1) is 16.0. The van der Waals surface area contributed by atoms with Gasteiger partial charge in [-0.25, -0.2) is 0 Å². The van der Waals surface area contributed by atoms with Gasteiger partial charge in [0.15, 0.2) is 5.75 Å². The van der Waals surface area contributed by atoms with Crippen LogP contribution in [0.2, 0.25) is 10.0 Å². The Hall–Kier alpha value is -1.79. The summed E-state index contributed by atoms with van der Waals surface area (Å²) in [5, 5.41) is 4.72. The van der Waals surface area contributed by atoms with E-state index < -0.39 is 0 Å². The largest absolute Gasteiger partial charge is 0.494 e. The lowest BCUT2D eigenvalue weighted by Gasteiger charge is -2.18. The van der Waals surface area contributed by atoms with E-state index in [9.17, 15) is 0 Å². The average molecular weight is 549 g/mol. The van der Waals surface area contributed by atoms with Crippen molar-refractivity contribution in [1.82, 2.24) is 0 Å². The van der Waals surface area contributed by atoms with E-state index in [-0.39, 0.29) is 22.8 Å². The van der Waals surface area contributed by atoms with Gasteiger partial charge >= 0.3 is 0 Å². The number of oxime groups is 1. The Morgan fingerprint density at radius 2 is 1.65 bits per heavy atom. The molecule has 2 rings (SSSR count). The van der Waals surface area contributed by atoms with Gasteiger partial charge in [0.1, 0.15) is 28.2 Å². The highest BCUT2D eigenvalue weighted by molar-refractivity contribution is 6.55. The van der Waals surface area contributed by atoms with Gasteiger partial charge < -0.3 is 19.0 Å². The van der Waals surface area contributed by atoms with Crippen molar-refractivity contribution < 1.29 is 19.0 Å². The molecule has 0 N–H and O–H groups in total. The van der Waals surface area contributed by atoms with Crippen LogP contribution in [0.4, 0.5) is 0 Å². The molecule has 0 amide bonds. The Morgan fingerprint density at radius 1 is 1.00 bits per heavy atom. The summed E-state index contributed by atoms with van der Waals surface area (Å²) in [5.41, 5.74) is 0.620. The van der Waals surface area contributed by atoms with E-state index in [4.69, 9.17) is 65.5 Å². The van der Waals surface area contributed by atoms with Crippen LogP contribution < -0.4 is 14.2 Å². The molecule has 0 saturated heterocycles. The molecule has 9 heteroatoms. The third kappa shape index (κ3) is 11.1. The molecular weight excluding hydrogens is 520 g/mol. The summed E-state index contributed by atoms with van der Waals surface area (Å²) in [7, 11) is 0. The maximum Gasteiger partial charge on any atom is 0.157 e. The van der Waals surface area contributed by atoms with Crippen LogP contribution in [0.3, 0.4) is 0 Å². The van der Waals surface area contributed by atoms with Crippen LogP contribution in [0.5, 0.6) is 17.2 Å². The van der Waals surface area contributed by atoms with Crippen LogP contribution in [-0.4, -0.2) is 31.1 Å². The van der Waals surface area contributed by atoms with Gasteiger partial charge in [-0.1, -0.05) is 51.6 Å². The SMILES string of the molecule is CC(CCCOc1ccc(C=NOC(C)(C)C)cc1)Oc1c(Cl)cc(OCC=C(Cl)Cl)cc1Cl. The van der Waals surface area contributed by atoms with Gasteiger partial charge in [0.05, 0.1) is 29.0 Å². The van der Waals surface area contributed by atoms with Crippen molar-refractivity contribution in [3.8, 4) is 17.2 Å². The highest BCUT2D eigenvalue weighted by Gasteiger charge is 2.14. The molecule has 2 aromatic carbocycles. The molecule has 0 radical (unpaired) electrons. The molecule has 186 valence electrons. The summed E-state index contributed by atoms with van der Waals surface area (Å²) in [6, 6.07) is 10.9. The molecule has 2 aromatic rings. The number of hydrogen-bond donors (Lipinski definition) is 0. The van der Waals surface area contributed by atoms with E-state index in [1.165, 1.54) is 6.08 Å². The summed E-state index contributed by atoms with van der Waals surface area (Å²) in [6.45, 7) is 8.55. The number of hydrogen-bond acceptors (Lipinski definition) is 5. The van der Waals surface area contributed by atoms with Crippen molar-refractivity contribution in [2.45, 2.75) is 52.2 Å². The van der Waals surface area contributed by atoms with Crippen molar-refractivity contribution >= 4 is 52.6 Å². The fraction of sp³-hybridized carbons (Fsp3) is 0.400. The van der Waals surface area contributed by atoms with E-state index in [2.05, 4.69) is 5.16 Å². The zero-order valence-corrected chi connectivity index (χ0v) is 22.6. The zero-order valence-electron chi connectivity index (χ0n) is 19.6. The second kappa shape index (κ2) is 13.9. The van der Waals surface area contributed by atoms with Gasteiger partial charge in [0.25, 0.3) is 0 Å². The fourth-order valence-electron chi connectivity index (χ4n) is 2.65. The van der Waals surface area contributed by atoms with E-state index in [0.29, 0.717) is 28.2 Å². The molecule has 0 saturated carbocycles. The van der Waals surface area contributed by atoms with E-state index >= 15 is 0 Å². The monoisotopic (exact) mass is 547 g/mol. The number of nitrogens with zero attached hydrogens (tertiary/aromatic N) is 1. The molecule has 0 bridgehead atoms. The van der Waals surface area contributed by atoms with Gasteiger partial charge in [-0.05, 0) is 76.4 Å². The summed E-state index contributed by atoms with van der Waals surface area (Å²) in [6.07, 6.45) is 4.65. The van der Waals surface area contributed by atoms with Gasteiger partial charge in [-0.3, -0.25) is 0 Å². The van der Waals surface area contributed by atoms with Crippen molar-refractivity contribution in [3.63, 3.8) is 0 Å². The van der Waals surface area contributed by atoms with Crippen molar-refractivity contribution in [3.05, 3.63) is 62.6 Å². The van der Waals surface area contributed by atoms with E-state index in [1.807, 2.05) is 52.0 Å². The Labute approximate surface area is 221 Å². The van der Waals surface area contributed by atoms with Crippen LogP contribution in [0, 0.1) is 0 Å². The Kier molecular flexibility index (Phi) is 11.7. The highest BCUT2D eigenvalue weighted by Crippen LogP contribution is 2.38. The minimum Gasteiger partial charge on any atom is -0.494 e. The molecule has 1 atom stereocenters. The minimum atomic E-state index is -0.313. The molecule has 0 aliphatic rings. The molecule has 0 fully saturated rings. The normalized spacial score (nSPS) is 12.4. The predicted octanol–water partition coefficient (Wildman–Crippen LogP) is 8.47. The Balaban J connectivity index is 1.76. The lowest BCUT2D eigenvalue weighted by molar-refractivity contribution is 0.00199. The van der Waals surface area contributed by atoms with E-state index in [1.54, 1.807) is 18.3 Å². The van der Waals surface area contributed by atoms with Crippen LogP contribution in [0.25, 0.3) is 0 Å². The average Bonchev–Trinajstić information content (AvgIpc) is 2.74. The molecule has 0 aromatic heterocycles. The van der Waals surface area contributed by atoms with Gasteiger partial charge in [-0.15, -0.1) is 0 Å². The Morgan fingerprint density at radius 3 is 2.24 bits per heavy atom. The van der Waals surface area contributed by atoms with Gasteiger partial charge in [0, 0.05) is 12.1 Å². The van der Waals surface area contributed by atoms with Crippen LogP contribution in [0.15, 0.2) is 52.1 Å². The minimum absolute atomic E-state index is 0.107. The number of halogens is 4. The van der Waals surface area contributed by atoms with Crippen LogP contribution >= 0.6 is 46.4 Å². The second-order valence-electron chi connectivity index (χ2n) is 8.45. The maximum atomic E-state index is 6.33. The summed E-state index contributed by atoms with van der Waals surface area (Å²) in [4.78, 5) is 5.34. The van der Waals surface area contributed by atoms with Gasteiger partial charge in [-0.2, -0.15) is 0 Å². The molecular formula is C25H29Cl4NO4. The second-order valence-corrected chi connectivity index (χ2v) is 10.3. The third-order valence-corrected chi connectivity index (χ3v) is 5.08. The molecule has 1 unspecified atom stereocenters. The summed E-state index contributed by atoms with van der Waals surface area (Å²) < 4.78 is 17.4. The molecule has 0 aliphatic carbocycles. The summed E-state index contributed by atoms with van der Waals surface area (Å²) in [5.74, 6) is 1.70. The molecule has 0 aliphatic heterocycles. The third-order valence-electron chi connectivity index (χ3n) is 4.21. The zero-order chi connectivity index (χ0) is 25.1. The molecule has 0 heterocycles. The molecule has 5 nitrogen and oxygen atoms in total. The summed E-state index contributed by atoms with van der Waals surface area (Å²) >= 11 is 23.8. The molecule has 0 spiro atoms. The van der Waals surface area contributed by atoms with Gasteiger partial charge in [0.2, 0.25) is 0 Å². The lowest BCUT2D eigenvalue weighted by Crippen LogP contribution is -2.15. The number of rotatable bonds is 12. The highest BCUT2D eigenvalue weighted by atomic mass is 35.5.